The van der Waals surface area contributed by atoms with Crippen LogP contribution in [-0.4, -0.2) is 29.3 Å². The fourth-order valence-corrected chi connectivity index (χ4v) is 3.60. The molecule has 4 heteroatoms. The lowest BCUT2D eigenvalue weighted by atomic mass is 10.0. The van der Waals surface area contributed by atoms with Crippen molar-refractivity contribution in [1.29, 1.82) is 0 Å². The second kappa shape index (κ2) is 5.62. The minimum absolute atomic E-state index is 0.0920. The quantitative estimate of drug-likeness (QED) is 0.754. The molecule has 0 aromatic heterocycles. The van der Waals surface area contributed by atoms with Crippen LogP contribution in [0.5, 0.6) is 0 Å². The summed E-state index contributed by atoms with van der Waals surface area (Å²) in [6.07, 6.45) is 1.04. The third-order valence-corrected chi connectivity index (χ3v) is 4.36. The summed E-state index contributed by atoms with van der Waals surface area (Å²) >= 11 is 9.43. The van der Waals surface area contributed by atoms with E-state index in [1.165, 1.54) is 0 Å². The predicted molar refractivity (Wildman–Crippen MR) is 78.2 cm³/mol. The summed E-state index contributed by atoms with van der Waals surface area (Å²) in [5, 5.41) is 0. The van der Waals surface area contributed by atoms with Crippen LogP contribution in [0.15, 0.2) is 22.7 Å². The van der Waals surface area contributed by atoms with Crippen molar-refractivity contribution in [2.75, 3.05) is 12.4 Å². The van der Waals surface area contributed by atoms with Crippen molar-refractivity contribution in [3.05, 3.63) is 33.8 Å². The van der Waals surface area contributed by atoms with Crippen LogP contribution >= 0.6 is 27.5 Å². The maximum absolute atomic E-state index is 12.5. The number of carbonyl (C=O) groups is 1. The minimum atomic E-state index is 0.0920. The Balaban J connectivity index is 2.25. The van der Waals surface area contributed by atoms with Gasteiger partial charge in [0.1, 0.15) is 0 Å². The molecule has 2 unspecified atom stereocenters. The zero-order valence-electron chi connectivity index (χ0n) is 10.6. The molecular weight excluding hydrogens is 314 g/mol. The van der Waals surface area contributed by atoms with Gasteiger partial charge in [0.15, 0.2) is 0 Å². The number of alkyl halides is 1. The number of amides is 1. The molecule has 2 nitrogen and oxygen atoms in total. The number of hydrogen-bond donors (Lipinski definition) is 0. The highest BCUT2D eigenvalue weighted by molar-refractivity contribution is 9.10. The average Bonchev–Trinajstić information content (AvgIpc) is 2.68. The molecule has 1 aromatic carbocycles. The Morgan fingerprint density at radius 1 is 1.50 bits per heavy atom. The lowest BCUT2D eigenvalue weighted by Crippen LogP contribution is -2.38. The van der Waals surface area contributed by atoms with Crippen LogP contribution in [0.25, 0.3) is 0 Å². The lowest BCUT2D eigenvalue weighted by Gasteiger charge is -2.25. The van der Waals surface area contributed by atoms with Crippen LogP contribution in [0.3, 0.4) is 0 Å². The van der Waals surface area contributed by atoms with E-state index in [2.05, 4.69) is 22.9 Å². The Labute approximate surface area is 121 Å². The van der Waals surface area contributed by atoms with Crippen molar-refractivity contribution < 1.29 is 4.79 Å². The molecule has 0 aliphatic carbocycles. The molecule has 1 fully saturated rings. The van der Waals surface area contributed by atoms with Crippen molar-refractivity contribution in [3.8, 4) is 0 Å². The number of hydrogen-bond acceptors (Lipinski definition) is 1. The average molecular weight is 331 g/mol. The molecule has 1 heterocycles. The van der Waals surface area contributed by atoms with Gasteiger partial charge in [-0.25, -0.2) is 0 Å². The standard InChI is InChI=1S/C14H17BrClNO/c1-9-5-11(7-12(15)6-9)14(18)17-4-3-10(2)13(17)8-16/h5-7,10,13H,3-4,8H2,1-2H3. The fourth-order valence-electron chi connectivity index (χ4n) is 2.52. The van der Waals surface area contributed by atoms with Crippen LogP contribution in [0.4, 0.5) is 0 Å². The summed E-state index contributed by atoms with van der Waals surface area (Å²) in [6, 6.07) is 5.98. The molecule has 1 saturated heterocycles. The zero-order chi connectivity index (χ0) is 13.3. The molecular formula is C14H17BrClNO. The first kappa shape index (κ1) is 13.9. The van der Waals surface area contributed by atoms with Gasteiger partial charge < -0.3 is 4.90 Å². The van der Waals surface area contributed by atoms with Crippen LogP contribution in [0.2, 0.25) is 0 Å². The number of likely N-dealkylation sites (tertiary alicyclic amines) is 1. The van der Waals surface area contributed by atoms with E-state index in [9.17, 15) is 4.79 Å². The normalized spacial score (nSPS) is 23.4. The maximum Gasteiger partial charge on any atom is 0.254 e. The van der Waals surface area contributed by atoms with Crippen LogP contribution in [0, 0.1) is 12.8 Å². The summed E-state index contributed by atoms with van der Waals surface area (Å²) in [4.78, 5) is 14.4. The molecule has 0 N–H and O–H groups in total. The molecule has 0 bridgehead atoms. The van der Waals surface area contributed by atoms with Gasteiger partial charge in [-0.2, -0.15) is 0 Å². The smallest absolute Gasteiger partial charge is 0.254 e. The van der Waals surface area contributed by atoms with E-state index in [1.807, 2.05) is 30.0 Å². The summed E-state index contributed by atoms with van der Waals surface area (Å²) in [7, 11) is 0. The van der Waals surface area contributed by atoms with Gasteiger partial charge in [0.25, 0.3) is 5.91 Å². The number of halogens is 2. The summed E-state index contributed by atoms with van der Waals surface area (Å²) in [5.41, 5.74) is 1.83. The van der Waals surface area contributed by atoms with Gasteiger partial charge in [-0.15, -0.1) is 11.6 Å². The van der Waals surface area contributed by atoms with Crippen LogP contribution < -0.4 is 0 Å². The molecule has 98 valence electrons. The fraction of sp³-hybridized carbons (Fsp3) is 0.500. The van der Waals surface area contributed by atoms with Gasteiger partial charge in [-0.1, -0.05) is 22.9 Å². The Bertz CT molecular complexity index is 443. The van der Waals surface area contributed by atoms with Crippen molar-refractivity contribution >= 4 is 33.4 Å². The summed E-state index contributed by atoms with van der Waals surface area (Å²) in [6.45, 7) is 4.96. The molecule has 1 aliphatic rings. The van der Waals surface area contributed by atoms with E-state index < -0.39 is 0 Å². The second-order valence-corrected chi connectivity index (χ2v) is 6.23. The van der Waals surface area contributed by atoms with Crippen LogP contribution in [0.1, 0.15) is 29.3 Å². The number of aryl methyl sites for hydroxylation is 1. The predicted octanol–water partition coefficient (Wildman–Crippen LogP) is 3.85. The summed E-state index contributed by atoms with van der Waals surface area (Å²) < 4.78 is 0.945. The van der Waals surface area contributed by atoms with Crippen molar-refractivity contribution in [2.24, 2.45) is 5.92 Å². The molecule has 0 radical (unpaired) electrons. The van der Waals surface area contributed by atoms with E-state index in [0.717, 1.165) is 28.6 Å². The first-order chi connectivity index (χ1) is 8.52. The van der Waals surface area contributed by atoms with Gasteiger partial charge >= 0.3 is 0 Å². The topological polar surface area (TPSA) is 20.3 Å². The first-order valence-corrected chi connectivity index (χ1v) is 7.50. The first-order valence-electron chi connectivity index (χ1n) is 6.17. The monoisotopic (exact) mass is 329 g/mol. The Morgan fingerprint density at radius 3 is 2.83 bits per heavy atom. The van der Waals surface area contributed by atoms with E-state index in [0.29, 0.717) is 11.8 Å². The van der Waals surface area contributed by atoms with Crippen LogP contribution in [-0.2, 0) is 0 Å². The van der Waals surface area contributed by atoms with E-state index in [-0.39, 0.29) is 11.9 Å². The second-order valence-electron chi connectivity index (χ2n) is 5.00. The number of carbonyl (C=O) groups excluding carboxylic acids is 1. The SMILES string of the molecule is Cc1cc(Br)cc(C(=O)N2CCC(C)C2CCl)c1. The summed E-state index contributed by atoms with van der Waals surface area (Å²) in [5.74, 6) is 1.09. The number of nitrogens with zero attached hydrogens (tertiary/aromatic N) is 1. The Hall–Kier alpha value is -0.540. The highest BCUT2D eigenvalue weighted by Crippen LogP contribution is 2.27. The highest BCUT2D eigenvalue weighted by Gasteiger charge is 2.34. The molecule has 1 aromatic rings. The molecule has 1 amide bonds. The van der Waals surface area contributed by atoms with Crippen molar-refractivity contribution in [2.45, 2.75) is 26.3 Å². The number of rotatable bonds is 2. The molecule has 18 heavy (non-hydrogen) atoms. The van der Waals surface area contributed by atoms with E-state index in [4.69, 9.17) is 11.6 Å². The van der Waals surface area contributed by atoms with Gasteiger partial charge in [-0.05, 0) is 43.0 Å². The van der Waals surface area contributed by atoms with E-state index in [1.54, 1.807) is 0 Å². The maximum atomic E-state index is 12.5. The molecule has 2 rings (SSSR count). The van der Waals surface area contributed by atoms with Gasteiger partial charge in [0.05, 0.1) is 0 Å². The Morgan fingerprint density at radius 2 is 2.22 bits per heavy atom. The lowest BCUT2D eigenvalue weighted by molar-refractivity contribution is 0.0737. The van der Waals surface area contributed by atoms with Gasteiger partial charge in [-0.3, -0.25) is 4.79 Å². The molecule has 2 atom stereocenters. The molecule has 0 spiro atoms. The van der Waals surface area contributed by atoms with Gasteiger partial charge in [0.2, 0.25) is 0 Å². The molecule has 1 aliphatic heterocycles. The van der Waals surface area contributed by atoms with Crippen molar-refractivity contribution in [3.63, 3.8) is 0 Å². The third-order valence-electron chi connectivity index (χ3n) is 3.59. The highest BCUT2D eigenvalue weighted by atomic mass is 79.9. The van der Waals surface area contributed by atoms with Gasteiger partial charge in [0, 0.05) is 28.5 Å². The van der Waals surface area contributed by atoms with Crippen molar-refractivity contribution in [1.82, 2.24) is 4.90 Å². The largest absolute Gasteiger partial charge is 0.334 e. The zero-order valence-corrected chi connectivity index (χ0v) is 13.0. The minimum Gasteiger partial charge on any atom is -0.334 e. The Kier molecular flexibility index (Phi) is 4.33. The number of benzene rings is 1. The molecule has 0 saturated carbocycles. The van der Waals surface area contributed by atoms with E-state index >= 15 is 0 Å². The third kappa shape index (κ3) is 2.72.